The molecule has 0 aliphatic carbocycles. The Balaban J connectivity index is 2.48. The summed E-state index contributed by atoms with van der Waals surface area (Å²) in [6.45, 7) is 7.77. The zero-order valence-corrected chi connectivity index (χ0v) is 9.83. The average molecular weight is 213 g/mol. The maximum absolute atomic E-state index is 11.0. The summed E-state index contributed by atoms with van der Waals surface area (Å²) in [7, 11) is 0. The van der Waals surface area contributed by atoms with Gasteiger partial charge in [-0.25, -0.2) is 0 Å². The Morgan fingerprint density at radius 1 is 1.60 bits per heavy atom. The van der Waals surface area contributed by atoms with Crippen LogP contribution in [-0.2, 0) is 4.79 Å². The zero-order chi connectivity index (χ0) is 11.3. The molecule has 4 nitrogen and oxygen atoms in total. The molecule has 0 bridgehead atoms. The fraction of sp³-hybridized carbons (Fsp3) is 0.909. The minimum absolute atomic E-state index is 0.221. The van der Waals surface area contributed by atoms with Gasteiger partial charge in [0.15, 0.2) is 0 Å². The van der Waals surface area contributed by atoms with Crippen molar-refractivity contribution in [1.29, 1.82) is 0 Å². The number of hydrogen-bond acceptors (Lipinski definition) is 3. The van der Waals surface area contributed by atoms with Crippen molar-refractivity contribution in [2.75, 3.05) is 26.2 Å². The fourth-order valence-corrected chi connectivity index (χ4v) is 2.16. The van der Waals surface area contributed by atoms with Gasteiger partial charge >= 0.3 is 0 Å². The predicted molar refractivity (Wildman–Crippen MR) is 61.5 cm³/mol. The van der Waals surface area contributed by atoms with Crippen LogP contribution in [0.3, 0.4) is 0 Å². The fourth-order valence-electron chi connectivity index (χ4n) is 2.16. The van der Waals surface area contributed by atoms with Gasteiger partial charge in [0.05, 0.1) is 6.54 Å². The van der Waals surface area contributed by atoms with Gasteiger partial charge in [-0.3, -0.25) is 9.69 Å². The van der Waals surface area contributed by atoms with E-state index < -0.39 is 0 Å². The molecule has 1 saturated heterocycles. The van der Waals surface area contributed by atoms with Gasteiger partial charge in [0.2, 0.25) is 5.91 Å². The second-order valence-electron chi connectivity index (χ2n) is 4.79. The number of hydrogen-bond donors (Lipinski definition) is 2. The van der Waals surface area contributed by atoms with Crippen molar-refractivity contribution < 1.29 is 4.79 Å². The van der Waals surface area contributed by atoms with Gasteiger partial charge in [0.25, 0.3) is 0 Å². The van der Waals surface area contributed by atoms with Crippen molar-refractivity contribution >= 4 is 5.91 Å². The number of piperidine rings is 1. The predicted octanol–water partition coefficient (Wildman–Crippen LogP) is 0.182. The van der Waals surface area contributed by atoms with Crippen LogP contribution in [0.1, 0.15) is 26.7 Å². The van der Waals surface area contributed by atoms with Gasteiger partial charge in [-0.15, -0.1) is 0 Å². The Kier molecular flexibility index (Phi) is 5.05. The molecule has 4 heteroatoms. The molecular weight excluding hydrogens is 190 g/mol. The molecule has 0 aromatic rings. The smallest absolute Gasteiger partial charge is 0.231 e. The number of carbonyl (C=O) groups is 1. The third-order valence-corrected chi connectivity index (χ3v) is 2.75. The Bertz CT molecular complexity index is 200. The second kappa shape index (κ2) is 6.08. The summed E-state index contributed by atoms with van der Waals surface area (Å²) >= 11 is 0. The number of primary amides is 1. The van der Waals surface area contributed by atoms with Gasteiger partial charge in [0.1, 0.15) is 0 Å². The minimum atomic E-state index is -0.221. The van der Waals surface area contributed by atoms with Gasteiger partial charge in [-0.05, 0) is 25.3 Å². The van der Waals surface area contributed by atoms with E-state index in [-0.39, 0.29) is 5.91 Å². The highest BCUT2D eigenvalue weighted by Gasteiger charge is 2.22. The lowest BCUT2D eigenvalue weighted by Gasteiger charge is -2.34. The van der Waals surface area contributed by atoms with Crippen molar-refractivity contribution in [1.82, 2.24) is 10.2 Å². The number of nitrogens with zero attached hydrogens (tertiary/aromatic N) is 1. The first-order valence-electron chi connectivity index (χ1n) is 5.82. The number of amides is 1. The Morgan fingerprint density at radius 2 is 2.33 bits per heavy atom. The van der Waals surface area contributed by atoms with Crippen LogP contribution in [0.2, 0.25) is 0 Å². The quantitative estimate of drug-likeness (QED) is 0.685. The van der Waals surface area contributed by atoms with Crippen LogP contribution in [0.4, 0.5) is 0 Å². The largest absolute Gasteiger partial charge is 0.369 e. The second-order valence-corrected chi connectivity index (χ2v) is 4.79. The van der Waals surface area contributed by atoms with Crippen LogP contribution >= 0.6 is 0 Å². The van der Waals surface area contributed by atoms with Gasteiger partial charge in [-0.2, -0.15) is 0 Å². The third-order valence-electron chi connectivity index (χ3n) is 2.75. The van der Waals surface area contributed by atoms with E-state index in [2.05, 4.69) is 24.1 Å². The van der Waals surface area contributed by atoms with Gasteiger partial charge < -0.3 is 11.1 Å². The van der Waals surface area contributed by atoms with E-state index in [1.807, 2.05) is 0 Å². The molecule has 0 radical (unpaired) electrons. The van der Waals surface area contributed by atoms with Crippen LogP contribution in [0, 0.1) is 5.92 Å². The van der Waals surface area contributed by atoms with Crippen LogP contribution in [0.25, 0.3) is 0 Å². The van der Waals surface area contributed by atoms with Crippen molar-refractivity contribution in [2.24, 2.45) is 11.7 Å². The lowest BCUT2D eigenvalue weighted by atomic mass is 10.0. The molecule has 1 fully saturated rings. The average Bonchev–Trinajstić information content (AvgIpc) is 2.17. The molecule has 3 N–H and O–H groups in total. The van der Waals surface area contributed by atoms with E-state index in [4.69, 9.17) is 5.73 Å². The molecule has 1 heterocycles. The number of nitrogens with one attached hydrogen (secondary N) is 1. The molecule has 0 saturated carbocycles. The van der Waals surface area contributed by atoms with E-state index in [0.717, 1.165) is 19.6 Å². The standard InChI is InChI=1S/C11H23N3O/c1-9(2)7-14(8-11(12)15)10-4-3-5-13-6-10/h9-10,13H,3-8H2,1-2H3,(H2,12,15). The van der Waals surface area contributed by atoms with Crippen LogP contribution in [0.15, 0.2) is 0 Å². The molecule has 1 atom stereocenters. The highest BCUT2D eigenvalue weighted by molar-refractivity contribution is 5.75. The van der Waals surface area contributed by atoms with E-state index >= 15 is 0 Å². The van der Waals surface area contributed by atoms with Crippen molar-refractivity contribution in [3.8, 4) is 0 Å². The molecule has 1 aliphatic rings. The number of carbonyl (C=O) groups excluding carboxylic acids is 1. The monoisotopic (exact) mass is 213 g/mol. The van der Waals surface area contributed by atoms with E-state index in [1.54, 1.807) is 0 Å². The van der Waals surface area contributed by atoms with Gasteiger partial charge in [0, 0.05) is 19.1 Å². The van der Waals surface area contributed by atoms with Crippen LogP contribution in [0.5, 0.6) is 0 Å². The first-order valence-corrected chi connectivity index (χ1v) is 5.82. The molecule has 1 amide bonds. The number of nitrogens with two attached hydrogens (primary N) is 1. The Hall–Kier alpha value is -0.610. The molecule has 0 aromatic carbocycles. The molecule has 0 aromatic heterocycles. The van der Waals surface area contributed by atoms with E-state index in [9.17, 15) is 4.79 Å². The first-order chi connectivity index (χ1) is 7.09. The van der Waals surface area contributed by atoms with Crippen molar-refractivity contribution in [3.05, 3.63) is 0 Å². The molecule has 1 unspecified atom stereocenters. The van der Waals surface area contributed by atoms with Crippen molar-refractivity contribution in [3.63, 3.8) is 0 Å². The maximum atomic E-state index is 11.0. The summed E-state index contributed by atoms with van der Waals surface area (Å²) in [5, 5.41) is 3.37. The van der Waals surface area contributed by atoms with Crippen LogP contribution < -0.4 is 11.1 Å². The summed E-state index contributed by atoms with van der Waals surface area (Å²) in [5.74, 6) is 0.354. The normalized spacial score (nSPS) is 22.3. The molecule has 1 aliphatic heterocycles. The first kappa shape index (κ1) is 12.5. The summed E-state index contributed by atoms with van der Waals surface area (Å²) in [5.41, 5.74) is 5.27. The zero-order valence-electron chi connectivity index (χ0n) is 9.83. The topological polar surface area (TPSA) is 58.4 Å². The molecule has 15 heavy (non-hydrogen) atoms. The third kappa shape index (κ3) is 4.62. The molecule has 1 rings (SSSR count). The molecule has 0 spiro atoms. The highest BCUT2D eigenvalue weighted by Crippen LogP contribution is 2.12. The maximum Gasteiger partial charge on any atom is 0.231 e. The van der Waals surface area contributed by atoms with E-state index in [0.29, 0.717) is 18.5 Å². The van der Waals surface area contributed by atoms with Crippen molar-refractivity contribution in [2.45, 2.75) is 32.7 Å². The Morgan fingerprint density at radius 3 is 2.80 bits per heavy atom. The summed E-state index contributed by atoms with van der Waals surface area (Å²) in [6, 6.07) is 0.480. The molecule has 88 valence electrons. The lowest BCUT2D eigenvalue weighted by Crippen LogP contribution is -2.50. The molecular formula is C11H23N3O. The highest BCUT2D eigenvalue weighted by atomic mass is 16.1. The summed E-state index contributed by atoms with van der Waals surface area (Å²) in [6.07, 6.45) is 2.37. The van der Waals surface area contributed by atoms with E-state index in [1.165, 1.54) is 12.8 Å². The van der Waals surface area contributed by atoms with Gasteiger partial charge in [-0.1, -0.05) is 13.8 Å². The van der Waals surface area contributed by atoms with Crippen LogP contribution in [-0.4, -0.2) is 43.0 Å². The summed E-state index contributed by atoms with van der Waals surface area (Å²) in [4.78, 5) is 13.2. The Labute approximate surface area is 92.2 Å². The minimum Gasteiger partial charge on any atom is -0.369 e. The number of rotatable bonds is 5. The SMILES string of the molecule is CC(C)CN(CC(N)=O)C1CCCNC1. The summed E-state index contributed by atoms with van der Waals surface area (Å²) < 4.78 is 0. The lowest BCUT2D eigenvalue weighted by molar-refractivity contribution is -0.119.